The zero-order valence-electron chi connectivity index (χ0n) is 11.3. The molecule has 1 aromatic rings. The molecule has 3 nitrogen and oxygen atoms in total. The number of aliphatic hydroxyl groups excluding tert-OH is 1. The Bertz CT molecular complexity index is 399. The van der Waals surface area contributed by atoms with Crippen LogP contribution in [-0.2, 0) is 0 Å². The van der Waals surface area contributed by atoms with Gasteiger partial charge in [-0.2, -0.15) is 0 Å². The molecule has 0 radical (unpaired) electrons. The fourth-order valence-corrected chi connectivity index (χ4v) is 2.68. The number of hydrogen-bond donors (Lipinski definition) is 1. The maximum Gasteiger partial charge on any atom is 0.125 e. The Hall–Kier alpha value is -1.22. The monoisotopic (exact) mass is 250 g/mol. The van der Waals surface area contributed by atoms with Gasteiger partial charge in [0.1, 0.15) is 17.6 Å². The summed E-state index contributed by atoms with van der Waals surface area (Å²) in [6.45, 7) is 4.35. The minimum Gasteiger partial charge on any atom is -0.497 e. The van der Waals surface area contributed by atoms with Crippen molar-refractivity contribution in [2.75, 3.05) is 7.11 Å². The van der Waals surface area contributed by atoms with Crippen molar-refractivity contribution in [3.05, 3.63) is 23.8 Å². The van der Waals surface area contributed by atoms with Gasteiger partial charge < -0.3 is 14.6 Å². The minimum atomic E-state index is -0.450. The fraction of sp³-hybridized carbons (Fsp3) is 0.600. The average Bonchev–Trinajstić information content (AvgIpc) is 2.40. The summed E-state index contributed by atoms with van der Waals surface area (Å²) >= 11 is 0. The highest BCUT2D eigenvalue weighted by atomic mass is 16.5. The molecule has 1 N–H and O–H groups in total. The average molecular weight is 250 g/mol. The van der Waals surface area contributed by atoms with E-state index in [0.29, 0.717) is 12.3 Å². The van der Waals surface area contributed by atoms with Crippen molar-refractivity contribution in [2.24, 2.45) is 5.92 Å². The first-order valence-electron chi connectivity index (χ1n) is 6.72. The number of methoxy groups -OCH3 is 1. The van der Waals surface area contributed by atoms with Crippen LogP contribution >= 0.6 is 0 Å². The van der Waals surface area contributed by atoms with Gasteiger partial charge in [-0.3, -0.25) is 0 Å². The first-order valence-corrected chi connectivity index (χ1v) is 6.72. The molecule has 100 valence electrons. The molecule has 3 heteroatoms. The molecule has 18 heavy (non-hydrogen) atoms. The maximum atomic E-state index is 10.3. The summed E-state index contributed by atoms with van der Waals surface area (Å²) in [5.74, 6) is 2.07. The van der Waals surface area contributed by atoms with Crippen LogP contribution in [0.2, 0.25) is 0 Å². The van der Waals surface area contributed by atoms with Crippen LogP contribution in [0.25, 0.3) is 0 Å². The molecule has 0 aliphatic carbocycles. The lowest BCUT2D eigenvalue weighted by atomic mass is 9.88. The van der Waals surface area contributed by atoms with E-state index in [0.717, 1.165) is 29.9 Å². The van der Waals surface area contributed by atoms with Crippen molar-refractivity contribution in [1.29, 1.82) is 0 Å². The second-order valence-corrected chi connectivity index (χ2v) is 4.89. The van der Waals surface area contributed by atoms with Crippen molar-refractivity contribution in [1.82, 2.24) is 0 Å². The molecule has 1 heterocycles. The van der Waals surface area contributed by atoms with Crippen LogP contribution in [0.4, 0.5) is 0 Å². The maximum absolute atomic E-state index is 10.3. The molecule has 0 fully saturated rings. The van der Waals surface area contributed by atoms with E-state index < -0.39 is 6.10 Å². The van der Waals surface area contributed by atoms with E-state index in [1.807, 2.05) is 18.2 Å². The molecule has 1 aliphatic heterocycles. The van der Waals surface area contributed by atoms with Crippen molar-refractivity contribution >= 4 is 0 Å². The number of rotatable bonds is 4. The van der Waals surface area contributed by atoms with E-state index in [1.54, 1.807) is 7.11 Å². The Morgan fingerprint density at radius 1 is 1.39 bits per heavy atom. The Kier molecular flexibility index (Phi) is 4.12. The molecule has 2 rings (SSSR count). The standard InChI is InChI=1S/C15H22O3/c1-4-10(5-2)15-9-13(16)12-8-11(17-3)6-7-14(12)18-15/h6-8,10,13,15-16H,4-5,9H2,1-3H3/t13-,15?/m1/s1. The van der Waals surface area contributed by atoms with Gasteiger partial charge in [-0.25, -0.2) is 0 Å². The van der Waals surface area contributed by atoms with Crippen molar-refractivity contribution in [2.45, 2.75) is 45.3 Å². The Morgan fingerprint density at radius 2 is 2.11 bits per heavy atom. The molecule has 0 amide bonds. The summed E-state index contributed by atoms with van der Waals surface area (Å²) in [5, 5.41) is 10.3. The lowest BCUT2D eigenvalue weighted by Crippen LogP contribution is -2.32. The number of hydrogen-bond acceptors (Lipinski definition) is 3. The number of ether oxygens (including phenoxy) is 2. The van der Waals surface area contributed by atoms with Crippen LogP contribution in [0.5, 0.6) is 11.5 Å². The summed E-state index contributed by atoms with van der Waals surface area (Å²) in [4.78, 5) is 0. The highest BCUT2D eigenvalue weighted by molar-refractivity contribution is 5.43. The molecule has 0 aromatic heterocycles. The van der Waals surface area contributed by atoms with E-state index in [-0.39, 0.29) is 6.10 Å². The van der Waals surface area contributed by atoms with E-state index in [9.17, 15) is 5.11 Å². The lowest BCUT2D eigenvalue weighted by molar-refractivity contribution is 0.0315. The van der Waals surface area contributed by atoms with Gasteiger partial charge in [0.15, 0.2) is 0 Å². The van der Waals surface area contributed by atoms with E-state index in [1.165, 1.54) is 0 Å². The lowest BCUT2D eigenvalue weighted by Gasteiger charge is -2.34. The quantitative estimate of drug-likeness (QED) is 0.891. The Labute approximate surface area is 109 Å². The first-order chi connectivity index (χ1) is 8.69. The molecule has 0 bridgehead atoms. The molecule has 0 saturated heterocycles. The number of fused-ring (bicyclic) bond motifs is 1. The van der Waals surface area contributed by atoms with Gasteiger partial charge >= 0.3 is 0 Å². The Morgan fingerprint density at radius 3 is 2.72 bits per heavy atom. The molecule has 0 saturated carbocycles. The second-order valence-electron chi connectivity index (χ2n) is 4.89. The molecule has 0 spiro atoms. The summed E-state index contributed by atoms with van der Waals surface area (Å²) in [6, 6.07) is 5.63. The van der Waals surface area contributed by atoms with Crippen LogP contribution in [0.1, 0.15) is 44.8 Å². The topological polar surface area (TPSA) is 38.7 Å². The SMILES string of the molecule is CCC(CC)C1C[C@@H](O)c2cc(OC)ccc2O1. The van der Waals surface area contributed by atoms with Crippen molar-refractivity contribution < 1.29 is 14.6 Å². The second kappa shape index (κ2) is 5.61. The van der Waals surface area contributed by atoms with E-state index in [2.05, 4.69) is 13.8 Å². The Balaban J connectivity index is 2.23. The summed E-state index contributed by atoms with van der Waals surface area (Å²) in [5.41, 5.74) is 0.844. The van der Waals surface area contributed by atoms with Crippen LogP contribution < -0.4 is 9.47 Å². The zero-order valence-corrected chi connectivity index (χ0v) is 11.3. The van der Waals surface area contributed by atoms with E-state index >= 15 is 0 Å². The van der Waals surface area contributed by atoms with E-state index in [4.69, 9.17) is 9.47 Å². The van der Waals surface area contributed by atoms with Gasteiger partial charge in [0.05, 0.1) is 13.2 Å². The highest BCUT2D eigenvalue weighted by Gasteiger charge is 2.31. The summed E-state index contributed by atoms with van der Waals surface area (Å²) in [6.07, 6.45) is 2.51. The van der Waals surface area contributed by atoms with Crippen LogP contribution in [0.3, 0.4) is 0 Å². The third kappa shape index (κ3) is 2.46. The third-order valence-corrected chi connectivity index (χ3v) is 3.88. The van der Waals surface area contributed by atoms with Gasteiger partial charge in [-0.15, -0.1) is 0 Å². The predicted octanol–water partition coefficient (Wildman–Crippen LogP) is 3.32. The third-order valence-electron chi connectivity index (χ3n) is 3.88. The largest absolute Gasteiger partial charge is 0.497 e. The van der Waals surface area contributed by atoms with Gasteiger partial charge in [-0.05, 0) is 37.0 Å². The molecule has 2 atom stereocenters. The summed E-state index contributed by atoms with van der Waals surface area (Å²) < 4.78 is 11.2. The highest BCUT2D eigenvalue weighted by Crippen LogP contribution is 2.39. The van der Waals surface area contributed by atoms with Crippen molar-refractivity contribution in [3.8, 4) is 11.5 Å². The van der Waals surface area contributed by atoms with Crippen molar-refractivity contribution in [3.63, 3.8) is 0 Å². The molecule has 1 aromatic carbocycles. The van der Waals surface area contributed by atoms with Gasteiger partial charge in [0.2, 0.25) is 0 Å². The van der Waals surface area contributed by atoms with Gasteiger partial charge in [0, 0.05) is 12.0 Å². The minimum absolute atomic E-state index is 0.121. The predicted molar refractivity (Wildman–Crippen MR) is 71.1 cm³/mol. The molecule has 1 aliphatic rings. The van der Waals surface area contributed by atoms with Crippen LogP contribution in [0, 0.1) is 5.92 Å². The molecular weight excluding hydrogens is 228 g/mol. The first kappa shape index (κ1) is 13.2. The normalized spacial score (nSPS) is 22.5. The van der Waals surface area contributed by atoms with Crippen LogP contribution in [0.15, 0.2) is 18.2 Å². The smallest absolute Gasteiger partial charge is 0.125 e. The number of aliphatic hydroxyl groups is 1. The summed E-state index contributed by atoms with van der Waals surface area (Å²) in [7, 11) is 1.63. The molecular formula is C15H22O3. The van der Waals surface area contributed by atoms with Gasteiger partial charge in [-0.1, -0.05) is 13.8 Å². The van der Waals surface area contributed by atoms with Crippen LogP contribution in [-0.4, -0.2) is 18.3 Å². The number of benzene rings is 1. The molecule has 1 unspecified atom stereocenters. The zero-order chi connectivity index (χ0) is 13.1. The fourth-order valence-electron chi connectivity index (χ4n) is 2.68. The van der Waals surface area contributed by atoms with Gasteiger partial charge in [0.25, 0.3) is 0 Å².